The molecule has 0 saturated heterocycles. The molecule has 0 aromatic heterocycles. The molecule has 0 radical (unpaired) electrons. The molecule has 0 saturated carbocycles. The first-order valence-corrected chi connectivity index (χ1v) is 3.71. The maximum absolute atomic E-state index is 8.34. The van der Waals surface area contributed by atoms with E-state index in [9.17, 15) is 0 Å². The molecular formula is C6H3N4NaS. The number of thioether (sulfide) groups is 1. The van der Waals surface area contributed by atoms with Crippen LogP contribution in [0.15, 0.2) is 10.6 Å². The molecule has 0 spiro atoms. The zero-order valence-electron chi connectivity index (χ0n) is 6.70. The van der Waals surface area contributed by atoms with Crippen LogP contribution in [-0.2, 0) is 0 Å². The number of nitriles is 3. The van der Waals surface area contributed by atoms with Crippen molar-refractivity contribution < 1.29 is 29.6 Å². The van der Waals surface area contributed by atoms with E-state index < -0.39 is 0 Å². The summed E-state index contributed by atoms with van der Waals surface area (Å²) >= 11 is 1.10. The van der Waals surface area contributed by atoms with Crippen molar-refractivity contribution in [3.8, 4) is 18.3 Å². The molecule has 0 aromatic rings. The number of hydrogen-bond acceptors (Lipinski definition) is 4. The van der Waals surface area contributed by atoms with Crippen molar-refractivity contribution in [1.82, 2.24) is 0 Å². The summed E-state index contributed by atoms with van der Waals surface area (Å²) in [6.45, 7) is 0. The molecule has 0 bridgehead atoms. The Morgan fingerprint density at radius 1 is 1.25 bits per heavy atom. The van der Waals surface area contributed by atoms with Crippen molar-refractivity contribution in [1.29, 1.82) is 15.8 Å². The van der Waals surface area contributed by atoms with E-state index in [1.165, 1.54) is 6.19 Å². The van der Waals surface area contributed by atoms with Gasteiger partial charge in [-0.25, -0.2) is 0 Å². The Bertz CT molecular complexity index is 274. The number of nitrogens with zero attached hydrogens (tertiary/aromatic N) is 4. The van der Waals surface area contributed by atoms with E-state index in [0.29, 0.717) is 0 Å². The van der Waals surface area contributed by atoms with Crippen LogP contribution >= 0.6 is 11.8 Å². The molecule has 0 aliphatic rings. The summed E-state index contributed by atoms with van der Waals surface area (Å²) in [5.41, 5.74) is -0.126. The first-order valence-electron chi connectivity index (χ1n) is 2.48. The molecule has 0 aliphatic carbocycles. The largest absolute Gasteiger partial charge is 1.00 e. The van der Waals surface area contributed by atoms with Crippen LogP contribution in [0.5, 0.6) is 0 Å². The second kappa shape index (κ2) is 8.46. The summed E-state index contributed by atoms with van der Waals surface area (Å²) in [6.07, 6.45) is 3.16. The first-order chi connectivity index (χ1) is 5.29. The second-order valence-corrected chi connectivity index (χ2v) is 2.11. The normalized spacial score (nSPS) is 6.17. The Morgan fingerprint density at radius 2 is 1.75 bits per heavy atom. The quantitative estimate of drug-likeness (QED) is 0.297. The van der Waals surface area contributed by atoms with E-state index >= 15 is 0 Å². The van der Waals surface area contributed by atoms with Gasteiger partial charge < -0.3 is 10.6 Å². The van der Waals surface area contributed by atoms with Gasteiger partial charge in [0.05, 0.1) is 0 Å². The van der Waals surface area contributed by atoms with Crippen LogP contribution in [0.1, 0.15) is 0 Å². The Kier molecular flexibility index (Phi) is 9.81. The van der Waals surface area contributed by atoms with Gasteiger partial charge in [0.2, 0.25) is 0 Å². The third kappa shape index (κ3) is 4.28. The molecule has 12 heavy (non-hydrogen) atoms. The standard InChI is InChI=1S/C6H3N4S.Na/c1-11-6(10-4-9)5(2-7)3-8;/h1H3;/q-1;+1. The van der Waals surface area contributed by atoms with Gasteiger partial charge in [0.15, 0.2) is 0 Å². The van der Waals surface area contributed by atoms with Crippen LogP contribution in [-0.4, -0.2) is 6.26 Å². The maximum atomic E-state index is 8.34. The molecule has 0 unspecified atom stereocenters. The van der Waals surface area contributed by atoms with E-state index in [1.807, 2.05) is 0 Å². The molecule has 6 heteroatoms. The molecule has 0 N–H and O–H groups in total. The Labute approximate surface area is 97.1 Å². The molecule has 0 fully saturated rings. The summed E-state index contributed by atoms with van der Waals surface area (Å²) in [7, 11) is 0. The van der Waals surface area contributed by atoms with Gasteiger partial charge in [-0.3, -0.25) is 0 Å². The fourth-order valence-electron chi connectivity index (χ4n) is 0.370. The van der Waals surface area contributed by atoms with Gasteiger partial charge in [0, 0.05) is 5.03 Å². The molecule has 0 aliphatic heterocycles. The Balaban J connectivity index is 0. The smallest absolute Gasteiger partial charge is 0.494 e. The van der Waals surface area contributed by atoms with Crippen LogP contribution in [0.2, 0.25) is 0 Å². The SMILES string of the molecule is CSC([N-]C#N)=C(C#N)C#N.[Na+]. The van der Waals surface area contributed by atoms with Crippen molar-refractivity contribution in [2.75, 3.05) is 6.26 Å². The zero-order chi connectivity index (χ0) is 8.69. The summed E-state index contributed by atoms with van der Waals surface area (Å²) in [5.74, 6) is 0. The second-order valence-electron chi connectivity index (χ2n) is 1.32. The van der Waals surface area contributed by atoms with E-state index in [2.05, 4.69) is 5.32 Å². The van der Waals surface area contributed by atoms with Crippen molar-refractivity contribution in [2.45, 2.75) is 0 Å². The average Bonchev–Trinajstić information content (AvgIpc) is 2.05. The predicted octanol–water partition coefficient (Wildman–Crippen LogP) is -1.53. The van der Waals surface area contributed by atoms with Crippen LogP contribution in [0, 0.1) is 34.1 Å². The third-order valence-corrected chi connectivity index (χ3v) is 1.46. The van der Waals surface area contributed by atoms with E-state index in [1.54, 1.807) is 18.4 Å². The van der Waals surface area contributed by atoms with E-state index in [4.69, 9.17) is 15.8 Å². The van der Waals surface area contributed by atoms with E-state index in [0.717, 1.165) is 11.8 Å². The fourth-order valence-corrected chi connectivity index (χ4v) is 0.797. The summed E-state index contributed by atoms with van der Waals surface area (Å²) in [5, 5.41) is 28.3. The predicted molar refractivity (Wildman–Crippen MR) is 40.7 cm³/mol. The van der Waals surface area contributed by atoms with Crippen LogP contribution in [0.4, 0.5) is 0 Å². The number of allylic oxidation sites excluding steroid dienone is 1. The van der Waals surface area contributed by atoms with Crippen LogP contribution in [0.3, 0.4) is 0 Å². The monoisotopic (exact) mass is 186 g/mol. The first kappa shape index (κ1) is 13.9. The molecule has 0 rings (SSSR count). The van der Waals surface area contributed by atoms with Crippen molar-refractivity contribution in [3.05, 3.63) is 15.9 Å². The molecular weight excluding hydrogens is 183 g/mol. The summed E-state index contributed by atoms with van der Waals surface area (Å²) in [6, 6.07) is 3.28. The number of rotatable bonds is 2. The molecule has 4 nitrogen and oxygen atoms in total. The summed E-state index contributed by atoms with van der Waals surface area (Å²) < 4.78 is 0. The van der Waals surface area contributed by atoms with Crippen molar-refractivity contribution >= 4 is 11.8 Å². The molecule has 0 aromatic carbocycles. The minimum absolute atomic E-state index is 0. The fraction of sp³-hybridized carbons (Fsp3) is 0.167. The van der Waals surface area contributed by atoms with Gasteiger partial charge in [0.1, 0.15) is 17.7 Å². The number of hydrogen-bond donors (Lipinski definition) is 0. The van der Waals surface area contributed by atoms with Crippen molar-refractivity contribution in [3.63, 3.8) is 0 Å². The maximum Gasteiger partial charge on any atom is 1.00 e. The molecule has 0 atom stereocenters. The zero-order valence-corrected chi connectivity index (χ0v) is 9.51. The minimum atomic E-state index is -0.126. The topological polar surface area (TPSA) is 85.5 Å². The van der Waals surface area contributed by atoms with E-state index in [-0.39, 0.29) is 40.2 Å². The van der Waals surface area contributed by atoms with Crippen LogP contribution in [0.25, 0.3) is 5.32 Å². The van der Waals surface area contributed by atoms with Crippen molar-refractivity contribution in [2.24, 2.45) is 0 Å². The minimum Gasteiger partial charge on any atom is -0.494 e. The van der Waals surface area contributed by atoms with Gasteiger partial charge >= 0.3 is 29.6 Å². The Hall–Kier alpha value is -0.640. The molecule has 0 heterocycles. The van der Waals surface area contributed by atoms with Gasteiger partial charge in [-0.2, -0.15) is 10.5 Å². The van der Waals surface area contributed by atoms with Gasteiger partial charge in [-0.1, -0.05) is 6.19 Å². The van der Waals surface area contributed by atoms with Crippen LogP contribution < -0.4 is 29.6 Å². The van der Waals surface area contributed by atoms with Gasteiger partial charge in [-0.15, -0.1) is 11.8 Å². The Morgan fingerprint density at radius 3 is 2.00 bits per heavy atom. The molecule has 0 amide bonds. The summed E-state index contributed by atoms with van der Waals surface area (Å²) in [4.78, 5) is 0. The van der Waals surface area contributed by atoms with Gasteiger partial charge in [-0.05, 0) is 6.26 Å². The third-order valence-electron chi connectivity index (χ3n) is 0.782. The average molecular weight is 186 g/mol. The molecule has 54 valence electrons. The van der Waals surface area contributed by atoms with Gasteiger partial charge in [0.25, 0.3) is 0 Å².